The molecule has 0 saturated carbocycles. The maximum atomic E-state index is 12.9. The number of halogens is 1. The largest absolute Gasteiger partial charge is 0.341 e. The number of likely N-dealkylation sites (tertiary alicyclic amines) is 1. The predicted octanol–water partition coefficient (Wildman–Crippen LogP) is 2.05. The van der Waals surface area contributed by atoms with Crippen LogP contribution in [-0.4, -0.2) is 47.9 Å². The molecule has 8 heteroatoms. The quantitative estimate of drug-likeness (QED) is 0.821. The number of nitriles is 1. The van der Waals surface area contributed by atoms with E-state index < -0.39 is 5.92 Å². The molecule has 1 aromatic heterocycles. The van der Waals surface area contributed by atoms with Gasteiger partial charge in [-0.1, -0.05) is 11.6 Å². The average Bonchev–Trinajstić information content (AvgIpc) is 2.71. The summed E-state index contributed by atoms with van der Waals surface area (Å²) in [4.78, 5) is 31.3. The number of pyridine rings is 1. The Balaban J connectivity index is 1.60. The average molecular weight is 390 g/mol. The minimum absolute atomic E-state index is 0.0937. The predicted molar refractivity (Wildman–Crippen MR) is 102 cm³/mol. The van der Waals surface area contributed by atoms with Gasteiger partial charge in [-0.2, -0.15) is 5.26 Å². The first-order chi connectivity index (χ1) is 13.1. The highest BCUT2D eigenvalue weighted by Gasteiger charge is 2.36. The minimum atomic E-state index is -0.619. The van der Waals surface area contributed by atoms with E-state index in [1.165, 1.54) is 6.20 Å². The number of amides is 2. The summed E-state index contributed by atoms with van der Waals surface area (Å²) < 4.78 is 0. The number of anilines is 1. The molecule has 3 rings (SSSR count). The number of piperidine rings is 2. The molecule has 2 unspecified atom stereocenters. The lowest BCUT2D eigenvalue weighted by molar-refractivity contribution is -0.138. The Morgan fingerprint density at radius 3 is 2.78 bits per heavy atom. The van der Waals surface area contributed by atoms with Crippen molar-refractivity contribution in [1.29, 1.82) is 5.26 Å². The normalized spacial score (nSPS) is 21.9. The molecule has 0 aromatic carbocycles. The second-order valence-corrected chi connectivity index (χ2v) is 7.60. The molecule has 2 saturated heterocycles. The van der Waals surface area contributed by atoms with Crippen LogP contribution in [0.3, 0.4) is 0 Å². The molecule has 0 radical (unpaired) electrons. The monoisotopic (exact) mass is 389 g/mol. The first-order valence-corrected chi connectivity index (χ1v) is 9.78. The van der Waals surface area contributed by atoms with Gasteiger partial charge in [0.25, 0.3) is 0 Å². The number of nitrogens with one attached hydrogen (secondary N) is 2. The van der Waals surface area contributed by atoms with Crippen LogP contribution in [0, 0.1) is 29.1 Å². The van der Waals surface area contributed by atoms with E-state index in [4.69, 9.17) is 11.6 Å². The molecule has 7 nitrogen and oxygen atoms in total. The van der Waals surface area contributed by atoms with Crippen molar-refractivity contribution in [2.75, 3.05) is 31.5 Å². The Hall–Kier alpha value is -2.17. The summed E-state index contributed by atoms with van der Waals surface area (Å²) >= 11 is 5.81. The van der Waals surface area contributed by atoms with E-state index in [1.807, 2.05) is 0 Å². The number of hydrogen-bond donors (Lipinski definition) is 2. The maximum Gasteiger partial charge on any atom is 0.240 e. The summed E-state index contributed by atoms with van der Waals surface area (Å²) in [6.07, 6.45) is 4.62. The fraction of sp³-hybridized carbons (Fsp3) is 0.579. The highest BCUT2D eigenvalue weighted by molar-refractivity contribution is 6.30. The highest BCUT2D eigenvalue weighted by Crippen LogP contribution is 2.26. The summed E-state index contributed by atoms with van der Waals surface area (Å²) in [5.74, 6) is -0.669. The third kappa shape index (κ3) is 4.96. The molecule has 2 aliphatic heterocycles. The number of carbonyl (C=O) groups is 2. The first-order valence-electron chi connectivity index (χ1n) is 9.40. The van der Waals surface area contributed by atoms with E-state index in [1.54, 1.807) is 17.0 Å². The number of aromatic nitrogens is 1. The van der Waals surface area contributed by atoms with E-state index in [0.29, 0.717) is 30.4 Å². The molecule has 0 bridgehead atoms. The standard InChI is InChI=1S/C19H24ClN5O2/c20-15-3-4-17(23-11-15)24-18(26)14-2-1-9-25(12-14)19(27)16(10-21)13-5-7-22-8-6-13/h3-4,11,13-14,16,22H,1-2,5-9,12H2,(H,23,24,26). The Morgan fingerprint density at radius 2 is 2.11 bits per heavy atom. The van der Waals surface area contributed by atoms with Crippen LogP contribution in [0.4, 0.5) is 5.82 Å². The van der Waals surface area contributed by atoms with Crippen LogP contribution >= 0.6 is 11.6 Å². The van der Waals surface area contributed by atoms with Crippen LogP contribution in [-0.2, 0) is 9.59 Å². The molecule has 27 heavy (non-hydrogen) atoms. The summed E-state index contributed by atoms with van der Waals surface area (Å²) in [6, 6.07) is 5.53. The van der Waals surface area contributed by atoms with Crippen molar-refractivity contribution in [2.45, 2.75) is 25.7 Å². The summed E-state index contributed by atoms with van der Waals surface area (Å²) in [6.45, 7) is 2.64. The van der Waals surface area contributed by atoms with Gasteiger partial charge in [-0.15, -0.1) is 0 Å². The van der Waals surface area contributed by atoms with Crippen molar-refractivity contribution < 1.29 is 9.59 Å². The number of rotatable bonds is 4. The molecule has 2 N–H and O–H groups in total. The SMILES string of the molecule is N#CC(C(=O)N1CCCC(C(=O)Nc2ccc(Cl)cn2)C1)C1CCNCC1. The van der Waals surface area contributed by atoms with E-state index in [2.05, 4.69) is 21.7 Å². The second kappa shape index (κ2) is 9.16. The molecular weight excluding hydrogens is 366 g/mol. The van der Waals surface area contributed by atoms with E-state index >= 15 is 0 Å². The fourth-order valence-corrected chi connectivity index (χ4v) is 3.92. The molecule has 144 valence electrons. The zero-order valence-electron chi connectivity index (χ0n) is 15.2. The van der Waals surface area contributed by atoms with Gasteiger partial charge in [-0.05, 0) is 56.8 Å². The minimum Gasteiger partial charge on any atom is -0.341 e. The summed E-state index contributed by atoms with van der Waals surface area (Å²) in [5.41, 5.74) is 0. The molecule has 2 amide bonds. The van der Waals surface area contributed by atoms with Crippen molar-refractivity contribution in [1.82, 2.24) is 15.2 Å². The first kappa shape index (κ1) is 19.6. The van der Waals surface area contributed by atoms with Crippen molar-refractivity contribution in [2.24, 2.45) is 17.8 Å². The van der Waals surface area contributed by atoms with E-state index in [0.717, 1.165) is 32.4 Å². The van der Waals surface area contributed by atoms with Crippen LogP contribution in [0.5, 0.6) is 0 Å². The van der Waals surface area contributed by atoms with Crippen molar-refractivity contribution in [3.05, 3.63) is 23.4 Å². The molecule has 3 heterocycles. The van der Waals surface area contributed by atoms with Crippen LogP contribution in [0.25, 0.3) is 0 Å². The second-order valence-electron chi connectivity index (χ2n) is 7.17. The zero-order chi connectivity index (χ0) is 19.2. The van der Waals surface area contributed by atoms with Crippen LogP contribution in [0.2, 0.25) is 5.02 Å². The van der Waals surface area contributed by atoms with Crippen LogP contribution in [0.1, 0.15) is 25.7 Å². The Kier molecular flexibility index (Phi) is 6.64. The summed E-state index contributed by atoms with van der Waals surface area (Å²) in [5, 5.41) is 16.1. The number of carbonyl (C=O) groups excluding carboxylic acids is 2. The zero-order valence-corrected chi connectivity index (χ0v) is 15.9. The molecule has 1 aromatic rings. The van der Waals surface area contributed by atoms with Crippen LogP contribution in [0.15, 0.2) is 18.3 Å². The van der Waals surface area contributed by atoms with E-state index in [9.17, 15) is 14.9 Å². The van der Waals surface area contributed by atoms with Crippen LogP contribution < -0.4 is 10.6 Å². The third-order valence-electron chi connectivity index (χ3n) is 5.34. The Labute approximate surface area is 164 Å². The third-order valence-corrected chi connectivity index (χ3v) is 5.57. The molecule has 0 spiro atoms. The van der Waals surface area contributed by atoms with Crippen molar-refractivity contribution in [3.8, 4) is 6.07 Å². The lowest BCUT2D eigenvalue weighted by Gasteiger charge is -2.35. The van der Waals surface area contributed by atoms with Gasteiger partial charge in [0.1, 0.15) is 11.7 Å². The topological polar surface area (TPSA) is 98.1 Å². The van der Waals surface area contributed by atoms with Crippen molar-refractivity contribution in [3.63, 3.8) is 0 Å². The van der Waals surface area contributed by atoms with Gasteiger partial charge < -0.3 is 15.5 Å². The highest BCUT2D eigenvalue weighted by atomic mass is 35.5. The molecular formula is C19H24ClN5O2. The van der Waals surface area contributed by atoms with Gasteiger partial charge in [0.05, 0.1) is 17.0 Å². The van der Waals surface area contributed by atoms with Gasteiger partial charge in [-0.3, -0.25) is 9.59 Å². The lowest BCUT2D eigenvalue weighted by Crippen LogP contribution is -2.48. The Morgan fingerprint density at radius 1 is 1.33 bits per heavy atom. The van der Waals surface area contributed by atoms with E-state index in [-0.39, 0.29) is 23.7 Å². The molecule has 2 atom stereocenters. The van der Waals surface area contributed by atoms with Crippen molar-refractivity contribution >= 4 is 29.2 Å². The summed E-state index contributed by atoms with van der Waals surface area (Å²) in [7, 11) is 0. The Bertz CT molecular complexity index is 712. The van der Waals surface area contributed by atoms with Gasteiger partial charge in [-0.25, -0.2) is 4.98 Å². The number of hydrogen-bond acceptors (Lipinski definition) is 5. The smallest absolute Gasteiger partial charge is 0.240 e. The van der Waals surface area contributed by atoms with Gasteiger partial charge in [0.15, 0.2) is 0 Å². The number of nitrogens with zero attached hydrogens (tertiary/aromatic N) is 3. The maximum absolute atomic E-state index is 12.9. The lowest BCUT2D eigenvalue weighted by atomic mass is 9.84. The molecule has 0 aliphatic carbocycles. The molecule has 2 aliphatic rings. The molecule has 2 fully saturated rings. The van der Waals surface area contributed by atoms with Gasteiger partial charge >= 0.3 is 0 Å². The van der Waals surface area contributed by atoms with Gasteiger partial charge in [0, 0.05) is 19.3 Å². The fourth-order valence-electron chi connectivity index (χ4n) is 3.81. The van der Waals surface area contributed by atoms with Gasteiger partial charge in [0.2, 0.25) is 11.8 Å².